The average Bonchev–Trinajstić information content (AvgIpc) is 2.39. The summed E-state index contributed by atoms with van der Waals surface area (Å²) in [6.45, 7) is 3.26. The van der Waals surface area contributed by atoms with Crippen LogP contribution in [0.25, 0.3) is 11.3 Å². The molecular weight excluding hydrogens is 306 g/mol. The molecule has 5 heteroatoms. The van der Waals surface area contributed by atoms with Gasteiger partial charge >= 0.3 is 0 Å². The van der Waals surface area contributed by atoms with E-state index in [1.165, 1.54) is 0 Å². The minimum atomic E-state index is 0.403. The number of hydrogen-bond acceptors (Lipinski definition) is 4. The molecule has 0 spiro atoms. The lowest BCUT2D eigenvalue weighted by atomic mass is 10.1. The first-order valence-corrected chi connectivity index (χ1v) is 6.89. The average molecular weight is 322 g/mol. The molecule has 0 saturated heterocycles. The highest BCUT2D eigenvalue weighted by Gasteiger charge is 2.06. The van der Waals surface area contributed by atoms with Gasteiger partial charge in [-0.05, 0) is 19.1 Å². The van der Waals surface area contributed by atoms with E-state index < -0.39 is 0 Å². The Labute approximate surface area is 121 Å². The monoisotopic (exact) mass is 321 g/mol. The predicted octanol–water partition coefficient (Wildman–Crippen LogP) is 3.48. The maximum absolute atomic E-state index is 5.11. The Morgan fingerprint density at radius 1 is 1.26 bits per heavy atom. The molecule has 0 aliphatic heterocycles. The van der Waals surface area contributed by atoms with Crippen LogP contribution in [0.2, 0.25) is 0 Å². The van der Waals surface area contributed by atoms with Crippen LogP contribution in [0.5, 0.6) is 0 Å². The summed E-state index contributed by atoms with van der Waals surface area (Å²) < 4.78 is 6.14. The predicted molar refractivity (Wildman–Crippen MR) is 80.0 cm³/mol. The number of halogens is 1. The standard InChI is InChI=1S/C14H16BrN3O/c1-3-16-13-8-12(17-14(18-13)9-19-2)10-5-4-6-11(15)7-10/h4-8H,3,9H2,1-2H3,(H,16,17,18). The first-order chi connectivity index (χ1) is 9.22. The molecule has 0 aliphatic rings. The van der Waals surface area contributed by atoms with Gasteiger partial charge in [0.05, 0.1) is 5.69 Å². The molecule has 4 nitrogen and oxygen atoms in total. The van der Waals surface area contributed by atoms with Gasteiger partial charge in [0.15, 0.2) is 5.82 Å². The van der Waals surface area contributed by atoms with Gasteiger partial charge in [-0.15, -0.1) is 0 Å². The molecule has 2 rings (SSSR count). The number of rotatable bonds is 5. The van der Waals surface area contributed by atoms with Crippen LogP contribution in [0.1, 0.15) is 12.7 Å². The number of hydrogen-bond donors (Lipinski definition) is 1. The van der Waals surface area contributed by atoms with Crippen molar-refractivity contribution in [3.05, 3.63) is 40.6 Å². The molecule has 0 radical (unpaired) electrons. The molecule has 0 aliphatic carbocycles. The minimum absolute atomic E-state index is 0.403. The largest absolute Gasteiger partial charge is 0.377 e. The Morgan fingerprint density at radius 3 is 2.79 bits per heavy atom. The molecule has 0 amide bonds. The highest BCUT2D eigenvalue weighted by atomic mass is 79.9. The van der Waals surface area contributed by atoms with Crippen molar-refractivity contribution in [2.75, 3.05) is 19.0 Å². The number of anilines is 1. The van der Waals surface area contributed by atoms with E-state index in [0.717, 1.165) is 28.1 Å². The first-order valence-electron chi connectivity index (χ1n) is 6.09. The van der Waals surface area contributed by atoms with Gasteiger partial charge in [-0.1, -0.05) is 28.1 Å². The summed E-state index contributed by atoms with van der Waals surface area (Å²) in [7, 11) is 1.64. The maximum atomic E-state index is 5.11. The summed E-state index contributed by atoms with van der Waals surface area (Å²) in [5.41, 5.74) is 1.94. The molecule has 0 saturated carbocycles. The van der Waals surface area contributed by atoms with E-state index in [-0.39, 0.29) is 0 Å². The van der Waals surface area contributed by atoms with Crippen LogP contribution in [-0.2, 0) is 11.3 Å². The molecule has 1 aromatic carbocycles. The Kier molecular flexibility index (Phi) is 4.87. The SMILES string of the molecule is CCNc1cc(-c2cccc(Br)c2)nc(COC)n1. The molecule has 0 bridgehead atoms. The summed E-state index contributed by atoms with van der Waals surface area (Å²) in [5.74, 6) is 1.50. The Hall–Kier alpha value is -1.46. The van der Waals surface area contributed by atoms with Crippen LogP contribution in [0.3, 0.4) is 0 Å². The van der Waals surface area contributed by atoms with Gasteiger partial charge in [-0.2, -0.15) is 0 Å². The molecule has 0 fully saturated rings. The fraction of sp³-hybridized carbons (Fsp3) is 0.286. The van der Waals surface area contributed by atoms with Gasteiger partial charge in [0.2, 0.25) is 0 Å². The fourth-order valence-corrected chi connectivity index (χ4v) is 2.16. The van der Waals surface area contributed by atoms with Crippen molar-refractivity contribution in [2.45, 2.75) is 13.5 Å². The summed E-state index contributed by atoms with van der Waals surface area (Å²) in [5, 5.41) is 3.21. The van der Waals surface area contributed by atoms with Gasteiger partial charge in [0, 0.05) is 29.8 Å². The number of methoxy groups -OCH3 is 1. The summed E-state index contributed by atoms with van der Waals surface area (Å²) in [6.07, 6.45) is 0. The molecule has 0 unspecified atom stereocenters. The minimum Gasteiger partial charge on any atom is -0.377 e. The third-order valence-corrected chi connectivity index (χ3v) is 3.02. The molecule has 1 heterocycles. The molecule has 19 heavy (non-hydrogen) atoms. The Morgan fingerprint density at radius 2 is 2.11 bits per heavy atom. The van der Waals surface area contributed by atoms with Crippen LogP contribution in [0.4, 0.5) is 5.82 Å². The first kappa shape index (κ1) is 14.0. The van der Waals surface area contributed by atoms with Crippen molar-refractivity contribution in [1.82, 2.24) is 9.97 Å². The number of ether oxygens (including phenoxy) is 1. The molecule has 1 N–H and O–H groups in total. The van der Waals surface area contributed by atoms with E-state index in [2.05, 4.69) is 31.2 Å². The van der Waals surface area contributed by atoms with E-state index in [1.807, 2.05) is 37.3 Å². The molecule has 1 aromatic heterocycles. The zero-order chi connectivity index (χ0) is 13.7. The van der Waals surface area contributed by atoms with Gasteiger partial charge in [0.1, 0.15) is 12.4 Å². The maximum Gasteiger partial charge on any atom is 0.157 e. The van der Waals surface area contributed by atoms with E-state index >= 15 is 0 Å². The van der Waals surface area contributed by atoms with E-state index in [1.54, 1.807) is 7.11 Å². The second-order valence-electron chi connectivity index (χ2n) is 4.03. The highest BCUT2D eigenvalue weighted by molar-refractivity contribution is 9.10. The topological polar surface area (TPSA) is 47.0 Å². The molecular formula is C14H16BrN3O. The second-order valence-corrected chi connectivity index (χ2v) is 4.94. The highest BCUT2D eigenvalue weighted by Crippen LogP contribution is 2.23. The van der Waals surface area contributed by atoms with Crippen molar-refractivity contribution >= 4 is 21.7 Å². The fourth-order valence-electron chi connectivity index (χ4n) is 1.76. The van der Waals surface area contributed by atoms with Crippen molar-refractivity contribution in [3.8, 4) is 11.3 Å². The molecule has 0 atom stereocenters. The van der Waals surface area contributed by atoms with Crippen LogP contribution >= 0.6 is 15.9 Å². The smallest absolute Gasteiger partial charge is 0.157 e. The third kappa shape index (κ3) is 3.75. The van der Waals surface area contributed by atoms with Gasteiger partial charge in [0.25, 0.3) is 0 Å². The van der Waals surface area contributed by atoms with Crippen molar-refractivity contribution in [1.29, 1.82) is 0 Å². The van der Waals surface area contributed by atoms with Gasteiger partial charge < -0.3 is 10.1 Å². The quantitative estimate of drug-likeness (QED) is 0.915. The van der Waals surface area contributed by atoms with Crippen LogP contribution in [-0.4, -0.2) is 23.6 Å². The van der Waals surface area contributed by atoms with Crippen LogP contribution in [0.15, 0.2) is 34.8 Å². The van der Waals surface area contributed by atoms with Gasteiger partial charge in [-0.25, -0.2) is 9.97 Å². The Bertz CT molecular complexity index is 536. The lowest BCUT2D eigenvalue weighted by Crippen LogP contribution is -2.05. The van der Waals surface area contributed by atoms with E-state index in [0.29, 0.717) is 12.4 Å². The van der Waals surface area contributed by atoms with Crippen molar-refractivity contribution in [2.24, 2.45) is 0 Å². The zero-order valence-electron chi connectivity index (χ0n) is 11.0. The normalized spacial score (nSPS) is 10.5. The lowest BCUT2D eigenvalue weighted by molar-refractivity contribution is 0.178. The summed E-state index contributed by atoms with van der Waals surface area (Å²) >= 11 is 3.47. The van der Waals surface area contributed by atoms with Crippen LogP contribution in [0, 0.1) is 0 Å². The summed E-state index contributed by atoms with van der Waals surface area (Å²) in [6, 6.07) is 9.99. The zero-order valence-corrected chi connectivity index (χ0v) is 12.6. The third-order valence-electron chi connectivity index (χ3n) is 2.52. The summed E-state index contributed by atoms with van der Waals surface area (Å²) in [4.78, 5) is 8.92. The lowest BCUT2D eigenvalue weighted by Gasteiger charge is -2.09. The van der Waals surface area contributed by atoms with E-state index in [4.69, 9.17) is 4.74 Å². The number of benzene rings is 1. The Balaban J connectivity index is 2.43. The molecule has 100 valence electrons. The van der Waals surface area contributed by atoms with Crippen molar-refractivity contribution < 1.29 is 4.74 Å². The molecule has 2 aromatic rings. The van der Waals surface area contributed by atoms with Gasteiger partial charge in [-0.3, -0.25) is 0 Å². The number of nitrogens with one attached hydrogen (secondary N) is 1. The number of nitrogens with zero attached hydrogens (tertiary/aromatic N) is 2. The second kappa shape index (κ2) is 6.63. The van der Waals surface area contributed by atoms with Crippen LogP contribution < -0.4 is 5.32 Å². The van der Waals surface area contributed by atoms with Crippen molar-refractivity contribution in [3.63, 3.8) is 0 Å². The van der Waals surface area contributed by atoms with E-state index in [9.17, 15) is 0 Å². The number of aromatic nitrogens is 2.